The lowest BCUT2D eigenvalue weighted by atomic mass is 10.1. The van der Waals surface area contributed by atoms with Gasteiger partial charge in [-0.2, -0.15) is 0 Å². The molecule has 0 spiro atoms. The van der Waals surface area contributed by atoms with Crippen molar-refractivity contribution >= 4 is 5.91 Å². The molecular formula is C9H10FNO2. The molecule has 0 heterocycles. The molecule has 0 aliphatic carbocycles. The van der Waals surface area contributed by atoms with E-state index in [-0.39, 0.29) is 12.2 Å². The summed E-state index contributed by atoms with van der Waals surface area (Å²) >= 11 is 0. The molecule has 0 bridgehead atoms. The van der Waals surface area contributed by atoms with Crippen LogP contribution in [-0.4, -0.2) is 11.0 Å². The summed E-state index contributed by atoms with van der Waals surface area (Å²) in [5.74, 6) is -0.966. The molecule has 70 valence electrons. The Hall–Kier alpha value is -1.42. The first kappa shape index (κ1) is 9.67. The number of primary amides is 1. The highest BCUT2D eigenvalue weighted by Crippen LogP contribution is 2.15. The number of nitrogens with two attached hydrogens (primary N) is 1. The molecule has 0 aromatic heterocycles. The Morgan fingerprint density at radius 3 is 2.46 bits per heavy atom. The normalized spacial score (nSPS) is 12.5. The van der Waals surface area contributed by atoms with Gasteiger partial charge in [0.05, 0.1) is 12.5 Å². The van der Waals surface area contributed by atoms with E-state index >= 15 is 0 Å². The number of aliphatic hydroxyl groups is 1. The molecule has 3 N–H and O–H groups in total. The maximum absolute atomic E-state index is 12.4. The van der Waals surface area contributed by atoms with Crippen LogP contribution in [0.1, 0.15) is 18.1 Å². The van der Waals surface area contributed by atoms with E-state index in [1.165, 1.54) is 24.3 Å². The summed E-state index contributed by atoms with van der Waals surface area (Å²) in [5.41, 5.74) is 5.37. The summed E-state index contributed by atoms with van der Waals surface area (Å²) in [6.07, 6.45) is -1.09. The fraction of sp³-hybridized carbons (Fsp3) is 0.222. The molecule has 0 aliphatic rings. The molecule has 1 aromatic rings. The molecule has 1 amide bonds. The van der Waals surface area contributed by atoms with E-state index in [1.54, 1.807) is 0 Å². The van der Waals surface area contributed by atoms with Crippen LogP contribution in [0.25, 0.3) is 0 Å². The summed E-state index contributed by atoms with van der Waals surface area (Å²) in [6, 6.07) is 5.28. The third kappa shape index (κ3) is 2.83. The third-order valence-electron chi connectivity index (χ3n) is 1.65. The molecular weight excluding hydrogens is 173 g/mol. The first-order chi connectivity index (χ1) is 6.09. The van der Waals surface area contributed by atoms with Gasteiger partial charge < -0.3 is 10.8 Å². The van der Waals surface area contributed by atoms with Crippen molar-refractivity contribution in [3.63, 3.8) is 0 Å². The summed E-state index contributed by atoms with van der Waals surface area (Å²) < 4.78 is 12.4. The fourth-order valence-corrected chi connectivity index (χ4v) is 0.993. The van der Waals surface area contributed by atoms with Crippen LogP contribution in [0.4, 0.5) is 4.39 Å². The van der Waals surface area contributed by atoms with Crippen molar-refractivity contribution in [3.8, 4) is 0 Å². The number of halogens is 1. The predicted octanol–water partition coefficient (Wildman–Crippen LogP) is 0.734. The Kier molecular flexibility index (Phi) is 2.97. The monoisotopic (exact) mass is 183 g/mol. The highest BCUT2D eigenvalue weighted by Gasteiger charge is 2.09. The average Bonchev–Trinajstić information content (AvgIpc) is 2.04. The van der Waals surface area contributed by atoms with E-state index in [0.717, 1.165) is 0 Å². The summed E-state index contributed by atoms with van der Waals surface area (Å²) in [6.45, 7) is 0. The summed E-state index contributed by atoms with van der Waals surface area (Å²) in [5, 5.41) is 9.36. The maximum atomic E-state index is 12.4. The molecule has 1 rings (SSSR count). The zero-order valence-corrected chi connectivity index (χ0v) is 6.90. The predicted molar refractivity (Wildman–Crippen MR) is 45.2 cm³/mol. The molecule has 0 aliphatic heterocycles. The van der Waals surface area contributed by atoms with Gasteiger partial charge in [0.15, 0.2) is 0 Å². The first-order valence-corrected chi connectivity index (χ1v) is 3.81. The van der Waals surface area contributed by atoms with Gasteiger partial charge in [0.2, 0.25) is 5.91 Å². The van der Waals surface area contributed by atoms with Crippen molar-refractivity contribution in [2.75, 3.05) is 0 Å². The van der Waals surface area contributed by atoms with Crippen LogP contribution in [0.2, 0.25) is 0 Å². The minimum atomic E-state index is -0.946. The Morgan fingerprint density at radius 1 is 1.46 bits per heavy atom. The quantitative estimate of drug-likeness (QED) is 0.725. The lowest BCUT2D eigenvalue weighted by Gasteiger charge is -2.07. The Morgan fingerprint density at radius 2 is 2.00 bits per heavy atom. The molecule has 1 aromatic carbocycles. The van der Waals surface area contributed by atoms with Gasteiger partial charge in [-0.1, -0.05) is 12.1 Å². The molecule has 3 nitrogen and oxygen atoms in total. The van der Waals surface area contributed by atoms with Crippen molar-refractivity contribution in [2.24, 2.45) is 5.73 Å². The van der Waals surface area contributed by atoms with Crippen LogP contribution in [0.5, 0.6) is 0 Å². The van der Waals surface area contributed by atoms with Gasteiger partial charge in [-0.3, -0.25) is 4.79 Å². The van der Waals surface area contributed by atoms with E-state index < -0.39 is 12.0 Å². The number of rotatable bonds is 3. The smallest absolute Gasteiger partial charge is 0.220 e. The van der Waals surface area contributed by atoms with Gasteiger partial charge in [-0.05, 0) is 17.7 Å². The summed E-state index contributed by atoms with van der Waals surface area (Å²) in [4.78, 5) is 10.4. The minimum Gasteiger partial charge on any atom is -0.388 e. The molecule has 1 atom stereocenters. The van der Waals surface area contributed by atoms with Crippen LogP contribution in [0, 0.1) is 5.82 Å². The highest BCUT2D eigenvalue weighted by atomic mass is 19.1. The molecule has 0 unspecified atom stereocenters. The molecule has 13 heavy (non-hydrogen) atoms. The topological polar surface area (TPSA) is 63.3 Å². The summed E-state index contributed by atoms with van der Waals surface area (Å²) in [7, 11) is 0. The zero-order valence-electron chi connectivity index (χ0n) is 6.90. The SMILES string of the molecule is NC(=O)C[C@@H](O)c1ccc(F)cc1. The van der Waals surface area contributed by atoms with Crippen molar-refractivity contribution in [2.45, 2.75) is 12.5 Å². The van der Waals surface area contributed by atoms with Gasteiger partial charge in [0.1, 0.15) is 5.82 Å². The number of hydrogen-bond donors (Lipinski definition) is 2. The number of aliphatic hydroxyl groups excluding tert-OH is 1. The second kappa shape index (κ2) is 4.00. The zero-order chi connectivity index (χ0) is 9.84. The Labute approximate surface area is 75.0 Å². The van der Waals surface area contributed by atoms with E-state index in [1.807, 2.05) is 0 Å². The van der Waals surface area contributed by atoms with Gasteiger partial charge in [-0.15, -0.1) is 0 Å². The maximum Gasteiger partial charge on any atom is 0.220 e. The lowest BCUT2D eigenvalue weighted by Crippen LogP contribution is -2.14. The number of carbonyl (C=O) groups excluding carboxylic acids is 1. The van der Waals surface area contributed by atoms with Crippen LogP contribution in [-0.2, 0) is 4.79 Å². The lowest BCUT2D eigenvalue weighted by molar-refractivity contribution is -0.119. The van der Waals surface area contributed by atoms with Crippen molar-refractivity contribution < 1.29 is 14.3 Å². The molecule has 4 heteroatoms. The second-order valence-electron chi connectivity index (χ2n) is 2.74. The molecule has 0 radical (unpaired) electrons. The highest BCUT2D eigenvalue weighted by molar-refractivity contribution is 5.74. The van der Waals surface area contributed by atoms with Gasteiger partial charge in [-0.25, -0.2) is 4.39 Å². The van der Waals surface area contributed by atoms with E-state index in [0.29, 0.717) is 5.56 Å². The molecule has 0 saturated heterocycles. The number of hydrogen-bond acceptors (Lipinski definition) is 2. The number of benzene rings is 1. The third-order valence-corrected chi connectivity index (χ3v) is 1.65. The van der Waals surface area contributed by atoms with Crippen LogP contribution < -0.4 is 5.73 Å². The van der Waals surface area contributed by atoms with Crippen molar-refractivity contribution in [1.82, 2.24) is 0 Å². The van der Waals surface area contributed by atoms with Crippen LogP contribution >= 0.6 is 0 Å². The Bertz CT molecular complexity index is 297. The largest absolute Gasteiger partial charge is 0.388 e. The van der Waals surface area contributed by atoms with Crippen LogP contribution in [0.3, 0.4) is 0 Å². The first-order valence-electron chi connectivity index (χ1n) is 3.81. The number of amides is 1. The van der Waals surface area contributed by atoms with Gasteiger partial charge >= 0.3 is 0 Å². The van der Waals surface area contributed by atoms with Gasteiger partial charge in [0, 0.05) is 0 Å². The minimum absolute atomic E-state index is 0.147. The molecule has 0 saturated carbocycles. The second-order valence-corrected chi connectivity index (χ2v) is 2.74. The molecule has 0 fully saturated rings. The Balaban J connectivity index is 2.71. The van der Waals surface area contributed by atoms with Crippen LogP contribution in [0.15, 0.2) is 24.3 Å². The van der Waals surface area contributed by atoms with E-state index in [2.05, 4.69) is 0 Å². The van der Waals surface area contributed by atoms with Crippen molar-refractivity contribution in [3.05, 3.63) is 35.6 Å². The van der Waals surface area contributed by atoms with Gasteiger partial charge in [0.25, 0.3) is 0 Å². The average molecular weight is 183 g/mol. The van der Waals surface area contributed by atoms with Crippen molar-refractivity contribution in [1.29, 1.82) is 0 Å². The fourth-order valence-electron chi connectivity index (χ4n) is 0.993. The van der Waals surface area contributed by atoms with E-state index in [4.69, 9.17) is 5.73 Å². The standard InChI is InChI=1S/C9H10FNO2/c10-7-3-1-6(2-4-7)8(12)5-9(11)13/h1-4,8,12H,5H2,(H2,11,13)/t8-/m1/s1. The number of carbonyl (C=O) groups is 1. The van der Waals surface area contributed by atoms with E-state index in [9.17, 15) is 14.3 Å².